The van der Waals surface area contributed by atoms with E-state index in [9.17, 15) is 4.79 Å². The molecule has 2 heterocycles. The zero-order valence-corrected chi connectivity index (χ0v) is 19.0. The standard InChI is InChI=1S/C26H32N4O2/c1-20-10-11-23(21(2)18-20)25-24(19-30(28-25)22-8-4-3-5-9-22)26(31)27-12-6-7-13-29-14-16-32-17-15-29/h3-5,8-11,18-19H,6-7,12-17H2,1-2H3,(H,27,31). The number of carbonyl (C=O) groups is 1. The minimum Gasteiger partial charge on any atom is -0.379 e. The molecule has 32 heavy (non-hydrogen) atoms. The van der Waals surface area contributed by atoms with Crippen LogP contribution in [0.5, 0.6) is 0 Å². The van der Waals surface area contributed by atoms with Crippen molar-refractivity contribution in [1.82, 2.24) is 20.0 Å². The number of morpholine rings is 1. The molecule has 6 nitrogen and oxygen atoms in total. The number of nitrogens with zero attached hydrogens (tertiary/aromatic N) is 3. The van der Waals surface area contributed by atoms with Crippen molar-refractivity contribution in [3.63, 3.8) is 0 Å². The summed E-state index contributed by atoms with van der Waals surface area (Å²) >= 11 is 0. The molecule has 0 saturated carbocycles. The predicted octanol–water partition coefficient (Wildman–Crippen LogP) is 4.00. The number of rotatable bonds is 8. The zero-order chi connectivity index (χ0) is 22.3. The molecule has 1 aliphatic heterocycles. The number of benzene rings is 2. The normalized spacial score (nSPS) is 14.4. The summed E-state index contributed by atoms with van der Waals surface area (Å²) in [4.78, 5) is 15.6. The lowest BCUT2D eigenvalue weighted by Crippen LogP contribution is -2.37. The molecule has 3 aromatic rings. The van der Waals surface area contributed by atoms with E-state index in [2.05, 4.69) is 42.3 Å². The third-order valence-electron chi connectivity index (χ3n) is 5.91. The fourth-order valence-corrected chi connectivity index (χ4v) is 4.11. The molecule has 4 rings (SSSR count). The van der Waals surface area contributed by atoms with Crippen LogP contribution in [-0.2, 0) is 4.74 Å². The van der Waals surface area contributed by atoms with Gasteiger partial charge in [0.2, 0.25) is 0 Å². The molecule has 1 N–H and O–H groups in total. The summed E-state index contributed by atoms with van der Waals surface area (Å²) in [7, 11) is 0. The molecule has 1 saturated heterocycles. The van der Waals surface area contributed by atoms with Gasteiger partial charge >= 0.3 is 0 Å². The monoisotopic (exact) mass is 432 g/mol. The minimum absolute atomic E-state index is 0.0754. The lowest BCUT2D eigenvalue weighted by atomic mass is 10.0. The number of hydrogen-bond acceptors (Lipinski definition) is 4. The van der Waals surface area contributed by atoms with Crippen molar-refractivity contribution in [3.05, 3.63) is 71.4 Å². The maximum absolute atomic E-state index is 13.1. The van der Waals surface area contributed by atoms with Crippen molar-refractivity contribution in [3.8, 4) is 16.9 Å². The summed E-state index contributed by atoms with van der Waals surface area (Å²) in [6.07, 6.45) is 3.86. The Balaban J connectivity index is 1.47. The molecule has 0 radical (unpaired) electrons. The molecule has 0 spiro atoms. The average molecular weight is 433 g/mol. The quantitative estimate of drug-likeness (QED) is 0.547. The van der Waals surface area contributed by atoms with Gasteiger partial charge < -0.3 is 10.1 Å². The highest BCUT2D eigenvalue weighted by atomic mass is 16.5. The lowest BCUT2D eigenvalue weighted by molar-refractivity contribution is 0.0372. The zero-order valence-electron chi connectivity index (χ0n) is 19.0. The van der Waals surface area contributed by atoms with Crippen LogP contribution >= 0.6 is 0 Å². The first-order chi connectivity index (χ1) is 15.6. The van der Waals surface area contributed by atoms with Gasteiger partial charge in [-0.2, -0.15) is 5.10 Å². The highest BCUT2D eigenvalue weighted by Gasteiger charge is 2.20. The number of carbonyl (C=O) groups excluding carboxylic acids is 1. The van der Waals surface area contributed by atoms with Gasteiger partial charge in [-0.1, -0.05) is 42.0 Å². The molecular formula is C26H32N4O2. The third-order valence-corrected chi connectivity index (χ3v) is 5.91. The molecule has 0 unspecified atom stereocenters. The Hall–Kier alpha value is -2.96. The Morgan fingerprint density at radius 1 is 1.06 bits per heavy atom. The van der Waals surface area contributed by atoms with Gasteiger partial charge in [-0.25, -0.2) is 4.68 Å². The van der Waals surface area contributed by atoms with Gasteiger partial charge in [0, 0.05) is 31.4 Å². The number of hydrogen-bond donors (Lipinski definition) is 1. The van der Waals surface area contributed by atoms with E-state index in [0.29, 0.717) is 12.1 Å². The van der Waals surface area contributed by atoms with Crippen LogP contribution in [0.25, 0.3) is 16.9 Å². The molecule has 0 bridgehead atoms. The summed E-state index contributed by atoms with van der Waals surface area (Å²) in [5.41, 5.74) is 5.56. The number of nitrogens with one attached hydrogen (secondary N) is 1. The maximum Gasteiger partial charge on any atom is 0.255 e. The first kappa shape index (κ1) is 22.2. The molecule has 168 valence electrons. The van der Waals surface area contributed by atoms with E-state index in [-0.39, 0.29) is 5.91 Å². The molecule has 1 amide bonds. The van der Waals surface area contributed by atoms with Crippen LogP contribution in [0.1, 0.15) is 34.3 Å². The number of amides is 1. The van der Waals surface area contributed by atoms with Crippen LogP contribution < -0.4 is 5.32 Å². The number of ether oxygens (including phenoxy) is 1. The molecule has 1 aliphatic rings. The van der Waals surface area contributed by atoms with Crippen molar-refractivity contribution in [2.75, 3.05) is 39.4 Å². The summed E-state index contributed by atoms with van der Waals surface area (Å²) in [6, 6.07) is 16.2. The summed E-state index contributed by atoms with van der Waals surface area (Å²) in [5.74, 6) is -0.0754. The van der Waals surface area contributed by atoms with Gasteiger partial charge in [-0.15, -0.1) is 0 Å². The van der Waals surface area contributed by atoms with E-state index >= 15 is 0 Å². The predicted molar refractivity (Wildman–Crippen MR) is 127 cm³/mol. The van der Waals surface area contributed by atoms with Gasteiger partial charge in [0.25, 0.3) is 5.91 Å². The second-order valence-corrected chi connectivity index (χ2v) is 8.41. The lowest BCUT2D eigenvalue weighted by Gasteiger charge is -2.26. The van der Waals surface area contributed by atoms with E-state index in [0.717, 1.165) is 68.2 Å². The number of aryl methyl sites for hydroxylation is 2. The van der Waals surface area contributed by atoms with Crippen molar-refractivity contribution >= 4 is 5.91 Å². The SMILES string of the molecule is Cc1ccc(-c2nn(-c3ccccc3)cc2C(=O)NCCCCN2CCOCC2)c(C)c1. The van der Waals surface area contributed by atoms with E-state index in [1.807, 2.05) is 36.5 Å². The van der Waals surface area contributed by atoms with E-state index in [4.69, 9.17) is 9.84 Å². The summed E-state index contributed by atoms with van der Waals surface area (Å²) in [6.45, 7) is 9.51. The van der Waals surface area contributed by atoms with Gasteiger partial charge in [-0.3, -0.25) is 9.69 Å². The number of para-hydroxylation sites is 1. The van der Waals surface area contributed by atoms with Crippen LogP contribution in [0.3, 0.4) is 0 Å². The van der Waals surface area contributed by atoms with Crippen LogP contribution in [0.2, 0.25) is 0 Å². The number of unbranched alkanes of at least 4 members (excludes halogenated alkanes) is 1. The van der Waals surface area contributed by atoms with E-state index < -0.39 is 0 Å². The second kappa shape index (κ2) is 10.6. The highest BCUT2D eigenvalue weighted by molar-refractivity contribution is 6.00. The minimum atomic E-state index is -0.0754. The first-order valence-corrected chi connectivity index (χ1v) is 11.4. The molecule has 2 aromatic carbocycles. The molecular weight excluding hydrogens is 400 g/mol. The Bertz CT molecular complexity index is 1040. The van der Waals surface area contributed by atoms with E-state index in [1.54, 1.807) is 4.68 Å². The fourth-order valence-electron chi connectivity index (χ4n) is 4.11. The topological polar surface area (TPSA) is 59.4 Å². The smallest absolute Gasteiger partial charge is 0.255 e. The molecule has 1 fully saturated rings. The van der Waals surface area contributed by atoms with Gasteiger partial charge in [0.1, 0.15) is 5.69 Å². The van der Waals surface area contributed by atoms with Gasteiger partial charge in [-0.05, 0) is 50.9 Å². The Kier molecular flexibility index (Phi) is 7.35. The average Bonchev–Trinajstić information content (AvgIpc) is 3.25. The van der Waals surface area contributed by atoms with Crippen LogP contribution in [0, 0.1) is 13.8 Å². The second-order valence-electron chi connectivity index (χ2n) is 8.41. The molecule has 1 aromatic heterocycles. The summed E-state index contributed by atoms with van der Waals surface area (Å²) in [5, 5.41) is 7.91. The Morgan fingerprint density at radius 3 is 2.59 bits per heavy atom. The van der Waals surface area contributed by atoms with Crippen molar-refractivity contribution in [2.45, 2.75) is 26.7 Å². The van der Waals surface area contributed by atoms with Crippen LogP contribution in [0.15, 0.2) is 54.7 Å². The van der Waals surface area contributed by atoms with Crippen molar-refractivity contribution in [2.24, 2.45) is 0 Å². The van der Waals surface area contributed by atoms with Crippen LogP contribution in [-0.4, -0.2) is 60.0 Å². The molecule has 6 heteroatoms. The maximum atomic E-state index is 13.1. The number of aromatic nitrogens is 2. The van der Waals surface area contributed by atoms with Gasteiger partial charge in [0.05, 0.1) is 24.5 Å². The van der Waals surface area contributed by atoms with Crippen molar-refractivity contribution in [1.29, 1.82) is 0 Å². The van der Waals surface area contributed by atoms with Crippen molar-refractivity contribution < 1.29 is 9.53 Å². The molecule has 0 atom stereocenters. The largest absolute Gasteiger partial charge is 0.379 e. The van der Waals surface area contributed by atoms with Gasteiger partial charge in [0.15, 0.2) is 0 Å². The third kappa shape index (κ3) is 5.44. The highest BCUT2D eigenvalue weighted by Crippen LogP contribution is 2.27. The Morgan fingerprint density at radius 2 is 1.84 bits per heavy atom. The summed E-state index contributed by atoms with van der Waals surface area (Å²) < 4.78 is 7.19. The first-order valence-electron chi connectivity index (χ1n) is 11.4. The Labute approximate surface area is 190 Å². The van der Waals surface area contributed by atoms with Crippen LogP contribution in [0.4, 0.5) is 0 Å². The van der Waals surface area contributed by atoms with E-state index in [1.165, 1.54) is 5.56 Å². The molecule has 0 aliphatic carbocycles. The fraction of sp³-hybridized carbons (Fsp3) is 0.385.